The van der Waals surface area contributed by atoms with Crippen molar-refractivity contribution < 1.29 is 14.3 Å². The Morgan fingerprint density at radius 1 is 1.44 bits per heavy atom. The number of furan rings is 1. The van der Waals surface area contributed by atoms with Crippen LogP contribution in [-0.2, 0) is 0 Å². The molecule has 0 unspecified atom stereocenters. The van der Waals surface area contributed by atoms with Gasteiger partial charge in [-0.05, 0) is 12.8 Å². The molecular formula is C11H14N2O3. The third-order valence-electron chi connectivity index (χ3n) is 3.55. The molecule has 1 spiro atoms. The van der Waals surface area contributed by atoms with Gasteiger partial charge in [-0.3, -0.25) is 0 Å². The lowest BCUT2D eigenvalue weighted by Crippen LogP contribution is -2.45. The van der Waals surface area contributed by atoms with E-state index in [1.807, 2.05) is 0 Å². The topological polar surface area (TPSA) is 74.5 Å². The highest BCUT2D eigenvalue weighted by atomic mass is 16.4. The van der Waals surface area contributed by atoms with Gasteiger partial charge in [0.15, 0.2) is 0 Å². The summed E-state index contributed by atoms with van der Waals surface area (Å²) in [6.45, 7) is 0.846. The van der Waals surface area contributed by atoms with Crippen LogP contribution < -0.4 is 10.6 Å². The number of carbonyl (C=O) groups is 1. The number of aromatic carboxylic acids is 1. The average Bonchev–Trinajstić information content (AvgIpc) is 2.85. The third kappa shape index (κ3) is 1.27. The second-order valence-corrected chi connectivity index (χ2v) is 4.62. The minimum absolute atomic E-state index is 0.00785. The van der Waals surface area contributed by atoms with Crippen LogP contribution >= 0.6 is 0 Å². The van der Waals surface area contributed by atoms with Crippen molar-refractivity contribution in [3.8, 4) is 0 Å². The van der Waals surface area contributed by atoms with Crippen molar-refractivity contribution in [2.75, 3.05) is 17.2 Å². The van der Waals surface area contributed by atoms with Crippen molar-refractivity contribution in [1.29, 1.82) is 0 Å². The summed E-state index contributed by atoms with van der Waals surface area (Å²) < 4.78 is 5.06. The first kappa shape index (κ1) is 9.57. The number of nitrogens with one attached hydrogen (secondary N) is 2. The highest BCUT2D eigenvalue weighted by Crippen LogP contribution is 2.41. The highest BCUT2D eigenvalue weighted by Gasteiger charge is 2.39. The van der Waals surface area contributed by atoms with Gasteiger partial charge in [0.1, 0.15) is 12.0 Å². The maximum absolute atomic E-state index is 11.0. The molecule has 5 heteroatoms. The molecule has 0 atom stereocenters. The Morgan fingerprint density at radius 2 is 2.19 bits per heavy atom. The van der Waals surface area contributed by atoms with Crippen molar-refractivity contribution in [3.63, 3.8) is 0 Å². The number of carboxylic acids is 1. The van der Waals surface area contributed by atoms with Gasteiger partial charge in [0.25, 0.3) is 0 Å². The molecule has 2 aliphatic rings. The maximum atomic E-state index is 11.0. The molecule has 1 saturated carbocycles. The van der Waals surface area contributed by atoms with Crippen molar-refractivity contribution in [2.24, 2.45) is 0 Å². The zero-order valence-electron chi connectivity index (χ0n) is 8.88. The van der Waals surface area contributed by atoms with Gasteiger partial charge in [-0.1, -0.05) is 12.8 Å². The van der Waals surface area contributed by atoms with E-state index in [4.69, 9.17) is 9.52 Å². The van der Waals surface area contributed by atoms with Gasteiger partial charge >= 0.3 is 5.97 Å². The molecule has 3 N–H and O–H groups in total. The smallest absolute Gasteiger partial charge is 0.374 e. The Kier molecular flexibility index (Phi) is 1.89. The molecular weight excluding hydrogens is 208 g/mol. The largest absolute Gasteiger partial charge is 0.475 e. The van der Waals surface area contributed by atoms with E-state index in [2.05, 4.69) is 10.6 Å². The SMILES string of the molecule is O=C(O)c1occ2c1NC1(CCCC1)CN2. The highest BCUT2D eigenvalue weighted by molar-refractivity contribution is 5.96. The first-order valence-corrected chi connectivity index (χ1v) is 5.57. The second-order valence-electron chi connectivity index (χ2n) is 4.62. The summed E-state index contributed by atoms with van der Waals surface area (Å²) in [6.07, 6.45) is 6.04. The van der Waals surface area contributed by atoms with E-state index >= 15 is 0 Å². The van der Waals surface area contributed by atoms with E-state index in [1.54, 1.807) is 0 Å². The Bertz CT molecular complexity index is 432. The molecule has 1 fully saturated rings. The minimum Gasteiger partial charge on any atom is -0.475 e. The van der Waals surface area contributed by atoms with E-state index < -0.39 is 5.97 Å². The lowest BCUT2D eigenvalue weighted by molar-refractivity contribution is 0.0663. The molecule has 2 heterocycles. The van der Waals surface area contributed by atoms with E-state index in [0.717, 1.165) is 25.1 Å². The summed E-state index contributed by atoms with van der Waals surface area (Å²) in [7, 11) is 0. The molecule has 16 heavy (non-hydrogen) atoms. The molecule has 1 aliphatic carbocycles. The molecule has 1 aromatic rings. The lowest BCUT2D eigenvalue weighted by Gasteiger charge is -2.36. The summed E-state index contributed by atoms with van der Waals surface area (Å²) in [5.74, 6) is -1.01. The number of anilines is 2. The number of hydrogen-bond acceptors (Lipinski definition) is 4. The van der Waals surface area contributed by atoms with Gasteiger partial charge in [0.2, 0.25) is 5.76 Å². The number of carboxylic acid groups (broad SMARTS) is 1. The van der Waals surface area contributed by atoms with E-state index in [-0.39, 0.29) is 11.3 Å². The standard InChI is InChI=1S/C11H14N2O3/c14-10(15)9-8-7(5-16-9)12-6-11(13-8)3-1-2-4-11/h5,12-13H,1-4,6H2,(H,14,15). The Morgan fingerprint density at radius 3 is 2.88 bits per heavy atom. The minimum atomic E-state index is -1.02. The van der Waals surface area contributed by atoms with Crippen molar-refractivity contribution in [2.45, 2.75) is 31.2 Å². The van der Waals surface area contributed by atoms with E-state index in [9.17, 15) is 4.79 Å². The van der Waals surface area contributed by atoms with Crippen molar-refractivity contribution in [3.05, 3.63) is 12.0 Å². The van der Waals surface area contributed by atoms with Gasteiger partial charge in [-0.2, -0.15) is 0 Å². The Hall–Kier alpha value is -1.65. The monoisotopic (exact) mass is 222 g/mol. The number of fused-ring (bicyclic) bond motifs is 1. The summed E-state index contributed by atoms with van der Waals surface area (Å²) in [4.78, 5) is 11.0. The molecule has 1 aliphatic heterocycles. The van der Waals surface area contributed by atoms with Crippen LogP contribution in [0.4, 0.5) is 11.4 Å². The third-order valence-corrected chi connectivity index (χ3v) is 3.55. The molecule has 3 rings (SSSR count). The van der Waals surface area contributed by atoms with Crippen molar-refractivity contribution in [1.82, 2.24) is 0 Å². The van der Waals surface area contributed by atoms with Crippen LogP contribution in [0.2, 0.25) is 0 Å². The predicted octanol–water partition coefficient (Wildman–Crippen LogP) is 2.13. The van der Waals surface area contributed by atoms with Gasteiger partial charge in [-0.25, -0.2) is 4.79 Å². The fourth-order valence-electron chi connectivity index (χ4n) is 2.70. The fraction of sp³-hybridized carbons (Fsp3) is 0.545. The molecule has 0 bridgehead atoms. The van der Waals surface area contributed by atoms with Gasteiger partial charge in [-0.15, -0.1) is 0 Å². The van der Waals surface area contributed by atoms with Crippen LogP contribution in [0.25, 0.3) is 0 Å². The summed E-state index contributed by atoms with van der Waals surface area (Å²) in [5, 5.41) is 15.6. The number of hydrogen-bond donors (Lipinski definition) is 3. The zero-order chi connectivity index (χ0) is 11.2. The zero-order valence-corrected chi connectivity index (χ0v) is 8.88. The molecule has 0 radical (unpaired) electrons. The van der Waals surface area contributed by atoms with Gasteiger partial charge in [0.05, 0.1) is 11.2 Å². The average molecular weight is 222 g/mol. The summed E-state index contributed by atoms with van der Waals surface area (Å²) in [5.41, 5.74) is 1.40. The first-order valence-electron chi connectivity index (χ1n) is 5.57. The van der Waals surface area contributed by atoms with Crippen LogP contribution in [0.5, 0.6) is 0 Å². The van der Waals surface area contributed by atoms with Crippen LogP contribution in [-0.4, -0.2) is 23.2 Å². The quantitative estimate of drug-likeness (QED) is 0.678. The van der Waals surface area contributed by atoms with Crippen LogP contribution in [0.15, 0.2) is 10.7 Å². The summed E-state index contributed by atoms with van der Waals surface area (Å²) >= 11 is 0. The maximum Gasteiger partial charge on any atom is 0.374 e. The molecule has 0 amide bonds. The van der Waals surface area contributed by atoms with Crippen LogP contribution in [0.1, 0.15) is 36.2 Å². The molecule has 0 saturated heterocycles. The van der Waals surface area contributed by atoms with Gasteiger partial charge in [0, 0.05) is 6.54 Å². The van der Waals surface area contributed by atoms with Crippen LogP contribution in [0, 0.1) is 0 Å². The molecule has 1 aromatic heterocycles. The van der Waals surface area contributed by atoms with Gasteiger partial charge < -0.3 is 20.2 Å². The summed E-state index contributed by atoms with van der Waals surface area (Å²) in [6, 6.07) is 0. The molecule has 0 aromatic carbocycles. The lowest BCUT2D eigenvalue weighted by atomic mass is 9.94. The van der Waals surface area contributed by atoms with E-state index in [1.165, 1.54) is 19.1 Å². The normalized spacial score (nSPS) is 21.2. The van der Waals surface area contributed by atoms with Crippen molar-refractivity contribution >= 4 is 17.3 Å². The molecule has 86 valence electrons. The molecule has 5 nitrogen and oxygen atoms in total. The predicted molar refractivity (Wildman–Crippen MR) is 59.0 cm³/mol. The Balaban J connectivity index is 1.97. The van der Waals surface area contributed by atoms with Crippen LogP contribution in [0.3, 0.4) is 0 Å². The number of rotatable bonds is 1. The van der Waals surface area contributed by atoms with E-state index in [0.29, 0.717) is 5.69 Å². The second kappa shape index (κ2) is 3.17. The fourth-order valence-corrected chi connectivity index (χ4v) is 2.70. The Labute approximate surface area is 92.8 Å². The first-order chi connectivity index (χ1) is 7.70.